The van der Waals surface area contributed by atoms with E-state index in [1.165, 1.54) is 21.9 Å². The Bertz CT molecular complexity index is 1240. The summed E-state index contributed by atoms with van der Waals surface area (Å²) in [5, 5.41) is 5.12. The molecule has 0 aliphatic carbocycles. The zero-order valence-corrected chi connectivity index (χ0v) is 19.4. The molecule has 4 heterocycles. The average Bonchev–Trinajstić information content (AvgIpc) is 3.13. The number of hydrogen-bond donors (Lipinski definition) is 0. The molecule has 1 aliphatic heterocycles. The quantitative estimate of drug-likeness (QED) is 0.540. The third-order valence-electron chi connectivity index (χ3n) is 4.68. The van der Waals surface area contributed by atoms with Gasteiger partial charge in [-0.1, -0.05) is 5.16 Å². The molecular formula is C21H23N5O3S2. The summed E-state index contributed by atoms with van der Waals surface area (Å²) in [4.78, 5) is 20.0. The summed E-state index contributed by atoms with van der Waals surface area (Å²) in [6.07, 6.45) is 5.04. The van der Waals surface area contributed by atoms with E-state index < -0.39 is 10.0 Å². The predicted molar refractivity (Wildman–Crippen MR) is 123 cm³/mol. The van der Waals surface area contributed by atoms with Crippen molar-refractivity contribution in [2.45, 2.75) is 33.3 Å². The van der Waals surface area contributed by atoms with Gasteiger partial charge in [-0.2, -0.15) is 0 Å². The van der Waals surface area contributed by atoms with Crippen molar-refractivity contribution in [2.24, 2.45) is 5.16 Å². The molecule has 0 spiro atoms. The van der Waals surface area contributed by atoms with Crippen molar-refractivity contribution in [3.05, 3.63) is 48.0 Å². The molecular weight excluding hydrogens is 434 g/mol. The first-order valence-corrected chi connectivity index (χ1v) is 12.5. The highest BCUT2D eigenvalue weighted by Crippen LogP contribution is 2.37. The Morgan fingerprint density at radius 2 is 2.03 bits per heavy atom. The number of rotatable bonds is 5. The molecule has 0 unspecified atom stereocenters. The number of sulfonamides is 1. The van der Waals surface area contributed by atoms with Crippen LogP contribution in [0.3, 0.4) is 0 Å². The Morgan fingerprint density at radius 3 is 2.71 bits per heavy atom. The zero-order valence-electron chi connectivity index (χ0n) is 17.7. The van der Waals surface area contributed by atoms with Crippen LogP contribution in [0.4, 0.5) is 5.69 Å². The number of oxime groups is 1. The monoisotopic (exact) mass is 457 g/mol. The van der Waals surface area contributed by atoms with Gasteiger partial charge in [-0.25, -0.2) is 18.4 Å². The van der Waals surface area contributed by atoms with Crippen molar-refractivity contribution < 1.29 is 13.3 Å². The van der Waals surface area contributed by atoms with Crippen molar-refractivity contribution in [3.8, 4) is 21.1 Å². The first-order chi connectivity index (χ1) is 14.7. The molecule has 0 saturated carbocycles. The lowest BCUT2D eigenvalue weighted by atomic mass is 10.1. The number of aryl methyl sites for hydroxylation is 1. The Balaban J connectivity index is 1.81. The molecule has 0 atom stereocenters. The maximum Gasteiger partial charge on any atom is 0.232 e. The standard InChI is InChI=1S/C21H23N5O3S2/c1-13(2)29-25-16-9-11-26(31(4,27)28)18-8-7-17(24-19(16)18)20-14(3)23-21(30-20)15-6-5-10-22-12-15/h5-8,10,12-13H,9,11H2,1-4H3/b25-16+. The number of hydrogen-bond acceptors (Lipinski definition) is 8. The first-order valence-electron chi connectivity index (χ1n) is 9.84. The van der Waals surface area contributed by atoms with Gasteiger partial charge in [0, 0.05) is 30.9 Å². The molecule has 8 nitrogen and oxygen atoms in total. The molecule has 4 rings (SSSR count). The van der Waals surface area contributed by atoms with Crippen LogP contribution in [0.15, 0.2) is 41.8 Å². The van der Waals surface area contributed by atoms with E-state index >= 15 is 0 Å². The molecule has 0 bridgehead atoms. The number of aromatic nitrogens is 3. The molecule has 3 aromatic heterocycles. The van der Waals surface area contributed by atoms with Gasteiger partial charge in [-0.3, -0.25) is 9.29 Å². The van der Waals surface area contributed by atoms with Crippen LogP contribution < -0.4 is 4.31 Å². The maximum absolute atomic E-state index is 12.3. The van der Waals surface area contributed by atoms with Crippen LogP contribution in [0.25, 0.3) is 21.1 Å². The van der Waals surface area contributed by atoms with E-state index in [4.69, 9.17) is 9.82 Å². The summed E-state index contributed by atoms with van der Waals surface area (Å²) in [5.74, 6) is 0. The number of pyridine rings is 2. The normalized spacial score (nSPS) is 15.4. The summed E-state index contributed by atoms with van der Waals surface area (Å²) < 4.78 is 26.0. The van der Waals surface area contributed by atoms with Gasteiger partial charge in [-0.15, -0.1) is 11.3 Å². The number of nitrogens with zero attached hydrogens (tertiary/aromatic N) is 5. The van der Waals surface area contributed by atoms with Gasteiger partial charge in [0.25, 0.3) is 0 Å². The molecule has 31 heavy (non-hydrogen) atoms. The Kier molecular flexibility index (Phi) is 5.76. The van der Waals surface area contributed by atoms with Gasteiger partial charge in [0.1, 0.15) is 22.5 Å². The Hall–Kier alpha value is -2.85. The van der Waals surface area contributed by atoms with E-state index in [2.05, 4.69) is 15.1 Å². The van der Waals surface area contributed by atoms with E-state index in [9.17, 15) is 8.42 Å². The van der Waals surface area contributed by atoms with Crippen LogP contribution >= 0.6 is 11.3 Å². The van der Waals surface area contributed by atoms with Gasteiger partial charge in [-0.05, 0) is 45.0 Å². The number of fused-ring (bicyclic) bond motifs is 1. The van der Waals surface area contributed by atoms with Gasteiger partial charge >= 0.3 is 0 Å². The molecule has 0 aromatic carbocycles. The van der Waals surface area contributed by atoms with Crippen molar-refractivity contribution in [1.82, 2.24) is 15.0 Å². The van der Waals surface area contributed by atoms with E-state index in [1.54, 1.807) is 18.5 Å². The van der Waals surface area contributed by atoms with Gasteiger partial charge in [0.2, 0.25) is 10.0 Å². The minimum absolute atomic E-state index is 0.0853. The molecule has 0 N–H and O–H groups in total. The van der Waals surface area contributed by atoms with Gasteiger partial charge in [0.05, 0.1) is 28.2 Å². The predicted octanol–water partition coefficient (Wildman–Crippen LogP) is 3.87. The smallest absolute Gasteiger partial charge is 0.232 e. The van der Waals surface area contributed by atoms with Gasteiger partial charge in [0.15, 0.2) is 0 Å². The molecule has 0 fully saturated rings. The lowest BCUT2D eigenvalue weighted by molar-refractivity contribution is 0.0855. The van der Waals surface area contributed by atoms with Crippen LogP contribution in [-0.2, 0) is 14.9 Å². The molecule has 1 aliphatic rings. The van der Waals surface area contributed by atoms with E-state index in [0.29, 0.717) is 30.1 Å². The van der Waals surface area contributed by atoms with Crippen molar-refractivity contribution >= 4 is 32.8 Å². The minimum atomic E-state index is -3.43. The fourth-order valence-corrected chi connectivity index (χ4v) is 5.24. The summed E-state index contributed by atoms with van der Waals surface area (Å²) in [5.41, 5.74) is 4.18. The largest absolute Gasteiger partial charge is 0.393 e. The number of anilines is 1. The Morgan fingerprint density at radius 1 is 1.23 bits per heavy atom. The van der Waals surface area contributed by atoms with Crippen LogP contribution in [0, 0.1) is 6.92 Å². The zero-order chi connectivity index (χ0) is 22.2. The SMILES string of the molecule is Cc1nc(-c2cccnc2)sc1-c1ccc2c(n1)/C(=N/OC(C)C)CCN2S(C)(=O)=O. The van der Waals surface area contributed by atoms with Gasteiger partial charge < -0.3 is 4.84 Å². The van der Waals surface area contributed by atoms with Crippen molar-refractivity contribution in [1.29, 1.82) is 0 Å². The summed E-state index contributed by atoms with van der Waals surface area (Å²) in [6.45, 7) is 6.02. The van der Waals surface area contributed by atoms with E-state index in [0.717, 1.165) is 26.8 Å². The maximum atomic E-state index is 12.3. The highest BCUT2D eigenvalue weighted by Gasteiger charge is 2.30. The third-order valence-corrected chi connectivity index (χ3v) is 7.09. The summed E-state index contributed by atoms with van der Waals surface area (Å²) in [6, 6.07) is 7.45. The molecule has 3 aromatic rings. The van der Waals surface area contributed by atoms with Crippen LogP contribution in [0.2, 0.25) is 0 Å². The van der Waals surface area contributed by atoms with E-state index in [-0.39, 0.29) is 6.10 Å². The molecule has 0 saturated heterocycles. The number of thiazole rings is 1. The first kappa shape index (κ1) is 21.4. The molecule has 10 heteroatoms. The highest BCUT2D eigenvalue weighted by molar-refractivity contribution is 7.92. The second-order valence-corrected chi connectivity index (χ2v) is 10.4. The molecule has 0 amide bonds. The summed E-state index contributed by atoms with van der Waals surface area (Å²) >= 11 is 1.53. The van der Waals surface area contributed by atoms with Crippen molar-refractivity contribution in [2.75, 3.05) is 17.1 Å². The average molecular weight is 458 g/mol. The lowest BCUT2D eigenvalue weighted by Gasteiger charge is -2.29. The van der Waals surface area contributed by atoms with Crippen LogP contribution in [0.5, 0.6) is 0 Å². The Labute approximate surface area is 185 Å². The second-order valence-electron chi connectivity index (χ2n) is 7.52. The van der Waals surface area contributed by atoms with Crippen LogP contribution in [0.1, 0.15) is 31.7 Å². The van der Waals surface area contributed by atoms with E-state index in [1.807, 2.05) is 39.0 Å². The molecule has 162 valence electrons. The van der Waals surface area contributed by atoms with Crippen LogP contribution in [-0.4, -0.2) is 48.0 Å². The topological polar surface area (TPSA) is 97.6 Å². The highest BCUT2D eigenvalue weighted by atomic mass is 32.2. The fraction of sp³-hybridized carbons (Fsp3) is 0.333. The second kappa shape index (κ2) is 8.35. The summed E-state index contributed by atoms with van der Waals surface area (Å²) in [7, 11) is -3.43. The van der Waals surface area contributed by atoms with Crippen molar-refractivity contribution in [3.63, 3.8) is 0 Å². The fourth-order valence-electron chi connectivity index (χ4n) is 3.29. The lowest BCUT2D eigenvalue weighted by Crippen LogP contribution is -2.37. The molecule has 0 radical (unpaired) electrons. The minimum Gasteiger partial charge on any atom is -0.393 e. The third kappa shape index (κ3) is 4.45.